The van der Waals surface area contributed by atoms with Crippen LogP contribution in [-0.4, -0.2) is 34.8 Å². The van der Waals surface area contributed by atoms with E-state index in [0.717, 1.165) is 11.3 Å². The minimum Gasteiger partial charge on any atom is -0.329 e. The Morgan fingerprint density at radius 1 is 1.36 bits per heavy atom. The van der Waals surface area contributed by atoms with Crippen molar-refractivity contribution < 1.29 is 14.0 Å². The van der Waals surface area contributed by atoms with Gasteiger partial charge in [0.1, 0.15) is 12.4 Å². The van der Waals surface area contributed by atoms with Gasteiger partial charge in [-0.15, -0.1) is 11.3 Å². The molecule has 2 aromatic rings. The quantitative estimate of drug-likeness (QED) is 0.815. The van der Waals surface area contributed by atoms with Crippen LogP contribution >= 0.6 is 11.3 Å². The first kappa shape index (κ1) is 19.1. The van der Waals surface area contributed by atoms with Crippen LogP contribution in [0.3, 0.4) is 0 Å². The van der Waals surface area contributed by atoms with Crippen molar-refractivity contribution in [3.63, 3.8) is 0 Å². The van der Waals surface area contributed by atoms with Crippen molar-refractivity contribution in [2.24, 2.45) is 5.92 Å². The lowest BCUT2D eigenvalue weighted by atomic mass is 10.1. The van der Waals surface area contributed by atoms with Crippen LogP contribution in [0.25, 0.3) is 0 Å². The standard InChI is InChI=1S/C18H22FN3O2S/c1-12(2)7-8-22(17(24)14-5-4-6-15(19)9-14)11-16(23)21-18-20-10-13(3)25-18/h4-6,9-10,12H,7-8,11H2,1-3H3,(H,20,21,23). The molecule has 0 spiro atoms. The largest absolute Gasteiger partial charge is 0.329 e. The molecule has 134 valence electrons. The van der Waals surface area contributed by atoms with Gasteiger partial charge in [-0.05, 0) is 37.5 Å². The Kier molecular flexibility index (Phi) is 6.64. The van der Waals surface area contributed by atoms with Crippen LogP contribution < -0.4 is 5.32 Å². The summed E-state index contributed by atoms with van der Waals surface area (Å²) in [6.45, 7) is 6.32. The number of hydrogen-bond acceptors (Lipinski definition) is 4. The number of thiazole rings is 1. The molecular formula is C18H22FN3O2S. The number of halogens is 1. The third-order valence-electron chi connectivity index (χ3n) is 3.54. The summed E-state index contributed by atoms with van der Waals surface area (Å²) in [4.78, 5) is 31.5. The molecule has 1 aromatic heterocycles. The van der Waals surface area contributed by atoms with Crippen molar-refractivity contribution in [2.75, 3.05) is 18.4 Å². The summed E-state index contributed by atoms with van der Waals surface area (Å²) < 4.78 is 13.4. The predicted molar refractivity (Wildman–Crippen MR) is 97.2 cm³/mol. The van der Waals surface area contributed by atoms with Crippen molar-refractivity contribution in [3.8, 4) is 0 Å². The molecule has 0 unspecified atom stereocenters. The molecule has 0 radical (unpaired) electrons. The normalized spacial score (nSPS) is 10.8. The van der Waals surface area contributed by atoms with Gasteiger partial charge in [0.05, 0.1) is 0 Å². The van der Waals surface area contributed by atoms with Gasteiger partial charge in [-0.25, -0.2) is 9.37 Å². The summed E-state index contributed by atoms with van der Waals surface area (Å²) in [6.07, 6.45) is 2.43. The zero-order chi connectivity index (χ0) is 18.4. The van der Waals surface area contributed by atoms with Gasteiger partial charge < -0.3 is 10.2 Å². The zero-order valence-electron chi connectivity index (χ0n) is 14.6. The fraction of sp³-hybridized carbons (Fsp3) is 0.389. The molecule has 0 bridgehead atoms. The Morgan fingerprint density at radius 2 is 2.12 bits per heavy atom. The molecule has 2 amide bonds. The highest BCUT2D eigenvalue weighted by molar-refractivity contribution is 7.15. The van der Waals surface area contributed by atoms with Gasteiger partial charge in [-0.3, -0.25) is 9.59 Å². The van der Waals surface area contributed by atoms with E-state index >= 15 is 0 Å². The lowest BCUT2D eigenvalue weighted by molar-refractivity contribution is -0.116. The maximum absolute atomic E-state index is 13.4. The van der Waals surface area contributed by atoms with E-state index in [2.05, 4.69) is 10.3 Å². The fourth-order valence-electron chi connectivity index (χ4n) is 2.22. The number of amides is 2. The average Bonchev–Trinajstić information content (AvgIpc) is 2.95. The maximum Gasteiger partial charge on any atom is 0.254 e. The monoisotopic (exact) mass is 363 g/mol. The summed E-state index contributed by atoms with van der Waals surface area (Å²) in [6, 6.07) is 5.51. The minimum absolute atomic E-state index is 0.0965. The molecule has 2 rings (SSSR count). The summed E-state index contributed by atoms with van der Waals surface area (Å²) >= 11 is 1.37. The molecule has 1 N–H and O–H groups in total. The van der Waals surface area contributed by atoms with Crippen molar-refractivity contribution in [2.45, 2.75) is 27.2 Å². The minimum atomic E-state index is -0.475. The molecular weight excluding hydrogens is 341 g/mol. The first-order chi connectivity index (χ1) is 11.8. The van der Waals surface area contributed by atoms with E-state index in [0.29, 0.717) is 17.6 Å². The molecule has 7 heteroatoms. The number of anilines is 1. The topological polar surface area (TPSA) is 62.3 Å². The molecule has 0 saturated heterocycles. The second kappa shape index (κ2) is 8.71. The Labute approximate surface area is 150 Å². The second-order valence-electron chi connectivity index (χ2n) is 6.24. The predicted octanol–water partition coefficient (Wildman–Crippen LogP) is 3.72. The third kappa shape index (κ3) is 5.94. The van der Waals surface area contributed by atoms with Crippen molar-refractivity contribution in [1.29, 1.82) is 0 Å². The molecule has 0 fully saturated rings. The first-order valence-corrected chi connectivity index (χ1v) is 8.94. The lowest BCUT2D eigenvalue weighted by Crippen LogP contribution is -2.39. The van der Waals surface area contributed by atoms with Crippen LogP contribution in [0.2, 0.25) is 0 Å². The number of nitrogens with one attached hydrogen (secondary N) is 1. The molecule has 1 heterocycles. The summed E-state index contributed by atoms with van der Waals surface area (Å²) in [5.74, 6) is -0.765. The van der Waals surface area contributed by atoms with Crippen molar-refractivity contribution >= 4 is 28.3 Å². The van der Waals surface area contributed by atoms with Gasteiger partial charge in [0.25, 0.3) is 5.91 Å². The number of hydrogen-bond donors (Lipinski definition) is 1. The number of aromatic nitrogens is 1. The molecule has 1 aromatic carbocycles. The number of aryl methyl sites for hydroxylation is 1. The molecule has 5 nitrogen and oxygen atoms in total. The molecule has 0 aliphatic rings. The van der Waals surface area contributed by atoms with Gasteiger partial charge >= 0.3 is 0 Å². The summed E-state index contributed by atoms with van der Waals surface area (Å²) in [7, 11) is 0. The van der Waals surface area contributed by atoms with Crippen LogP contribution in [0.15, 0.2) is 30.5 Å². The van der Waals surface area contributed by atoms with Crippen LogP contribution in [0, 0.1) is 18.7 Å². The second-order valence-corrected chi connectivity index (χ2v) is 7.48. The molecule has 0 aliphatic heterocycles. The van der Waals surface area contributed by atoms with Gasteiger partial charge in [-0.2, -0.15) is 0 Å². The molecule has 0 atom stereocenters. The smallest absolute Gasteiger partial charge is 0.254 e. The van der Waals surface area contributed by atoms with E-state index in [1.54, 1.807) is 12.3 Å². The van der Waals surface area contributed by atoms with Crippen molar-refractivity contribution in [3.05, 3.63) is 46.7 Å². The lowest BCUT2D eigenvalue weighted by Gasteiger charge is -2.23. The highest BCUT2D eigenvalue weighted by Gasteiger charge is 2.20. The average molecular weight is 363 g/mol. The van der Waals surface area contributed by atoms with E-state index in [1.807, 2.05) is 20.8 Å². The van der Waals surface area contributed by atoms with Crippen LogP contribution in [0.4, 0.5) is 9.52 Å². The molecule has 25 heavy (non-hydrogen) atoms. The molecule has 0 saturated carbocycles. The van der Waals surface area contributed by atoms with E-state index in [4.69, 9.17) is 0 Å². The van der Waals surface area contributed by atoms with E-state index in [1.165, 1.54) is 34.4 Å². The zero-order valence-corrected chi connectivity index (χ0v) is 15.4. The summed E-state index contributed by atoms with van der Waals surface area (Å²) in [5, 5.41) is 3.20. The highest BCUT2D eigenvalue weighted by Crippen LogP contribution is 2.17. The number of benzene rings is 1. The van der Waals surface area contributed by atoms with Gasteiger partial charge in [-0.1, -0.05) is 19.9 Å². The third-order valence-corrected chi connectivity index (χ3v) is 4.37. The SMILES string of the molecule is Cc1cnc(NC(=O)CN(CCC(C)C)C(=O)c2cccc(F)c2)s1. The van der Waals surface area contributed by atoms with Gasteiger partial charge in [0.2, 0.25) is 5.91 Å². The maximum atomic E-state index is 13.4. The molecule has 0 aliphatic carbocycles. The highest BCUT2D eigenvalue weighted by atomic mass is 32.1. The Hall–Kier alpha value is -2.28. The first-order valence-electron chi connectivity index (χ1n) is 8.12. The summed E-state index contributed by atoms with van der Waals surface area (Å²) in [5.41, 5.74) is 0.238. The van der Waals surface area contributed by atoms with Crippen LogP contribution in [0.1, 0.15) is 35.5 Å². The number of carbonyl (C=O) groups is 2. The van der Waals surface area contributed by atoms with Gasteiger partial charge in [0.15, 0.2) is 5.13 Å². The van der Waals surface area contributed by atoms with Crippen molar-refractivity contribution in [1.82, 2.24) is 9.88 Å². The van der Waals surface area contributed by atoms with Crippen LogP contribution in [0.5, 0.6) is 0 Å². The van der Waals surface area contributed by atoms with E-state index < -0.39 is 5.82 Å². The number of nitrogens with zero attached hydrogens (tertiary/aromatic N) is 2. The number of rotatable bonds is 7. The Bertz CT molecular complexity index is 745. The Balaban J connectivity index is 2.08. The fourth-order valence-corrected chi connectivity index (χ4v) is 2.90. The number of carbonyl (C=O) groups excluding carboxylic acids is 2. The van der Waals surface area contributed by atoms with Crippen LogP contribution in [-0.2, 0) is 4.79 Å². The van der Waals surface area contributed by atoms with E-state index in [-0.39, 0.29) is 23.9 Å². The van der Waals surface area contributed by atoms with Gasteiger partial charge in [0, 0.05) is 23.2 Å². The Morgan fingerprint density at radius 3 is 2.72 bits per heavy atom. The van der Waals surface area contributed by atoms with E-state index in [9.17, 15) is 14.0 Å².